The van der Waals surface area contributed by atoms with Gasteiger partial charge in [-0.25, -0.2) is 0 Å². The van der Waals surface area contributed by atoms with Crippen LogP contribution in [-0.4, -0.2) is 72.6 Å². The molecule has 3 saturated heterocycles. The molecule has 0 spiro atoms. The van der Waals surface area contributed by atoms with Gasteiger partial charge in [-0.05, 0) is 48.2 Å². The Balaban J connectivity index is 1.06. The number of benzene rings is 1. The average molecular weight is 512 g/mol. The van der Waals surface area contributed by atoms with Crippen molar-refractivity contribution in [3.8, 4) is 11.1 Å². The number of nitrogens with zero attached hydrogens (tertiary/aromatic N) is 5. The van der Waals surface area contributed by atoms with E-state index < -0.39 is 0 Å². The second-order valence-electron chi connectivity index (χ2n) is 10.3. The van der Waals surface area contributed by atoms with Crippen molar-refractivity contribution in [2.45, 2.75) is 25.7 Å². The van der Waals surface area contributed by atoms with E-state index in [9.17, 15) is 9.59 Å². The van der Waals surface area contributed by atoms with Crippen LogP contribution in [0.15, 0.2) is 61.1 Å². The lowest BCUT2D eigenvalue weighted by molar-refractivity contribution is -0.135. The molecule has 0 radical (unpaired) electrons. The van der Waals surface area contributed by atoms with E-state index >= 15 is 0 Å². The number of aromatic nitrogens is 2. The Bertz CT molecular complexity index is 1280. The maximum Gasteiger partial charge on any atom is 0.228 e. The van der Waals surface area contributed by atoms with Crippen molar-refractivity contribution in [3.63, 3.8) is 0 Å². The minimum absolute atomic E-state index is 0.0328. The first-order valence-electron chi connectivity index (χ1n) is 13.6. The van der Waals surface area contributed by atoms with Gasteiger partial charge in [0.1, 0.15) is 0 Å². The highest BCUT2D eigenvalue weighted by Gasteiger charge is 2.30. The number of pyridine rings is 2. The molecular weight excluding hydrogens is 478 g/mol. The fourth-order valence-corrected chi connectivity index (χ4v) is 5.58. The number of rotatable bonds is 6. The summed E-state index contributed by atoms with van der Waals surface area (Å²) in [6.07, 6.45) is 8.83. The third-order valence-electron chi connectivity index (χ3n) is 7.81. The molecule has 6 rings (SSSR count). The Kier molecular flexibility index (Phi) is 7.05. The van der Waals surface area contributed by atoms with Crippen molar-refractivity contribution in [3.05, 3.63) is 72.3 Å². The molecule has 0 saturated carbocycles. The van der Waals surface area contributed by atoms with Gasteiger partial charge < -0.3 is 19.4 Å². The number of hydrogen-bond acceptors (Lipinski definition) is 6. The molecule has 38 heavy (non-hydrogen) atoms. The summed E-state index contributed by atoms with van der Waals surface area (Å²) in [6, 6.07) is 14.5. The summed E-state index contributed by atoms with van der Waals surface area (Å²) in [7, 11) is 0. The van der Waals surface area contributed by atoms with Crippen molar-refractivity contribution < 1.29 is 14.3 Å². The van der Waals surface area contributed by atoms with E-state index in [1.54, 1.807) is 0 Å². The topological polar surface area (TPSA) is 78.9 Å². The third-order valence-corrected chi connectivity index (χ3v) is 7.81. The van der Waals surface area contributed by atoms with Crippen molar-refractivity contribution in [1.29, 1.82) is 0 Å². The maximum atomic E-state index is 12.7. The van der Waals surface area contributed by atoms with Crippen molar-refractivity contribution in [1.82, 2.24) is 14.9 Å². The van der Waals surface area contributed by atoms with Gasteiger partial charge in [0.05, 0.1) is 24.4 Å². The van der Waals surface area contributed by atoms with Crippen LogP contribution in [0.1, 0.15) is 30.5 Å². The zero-order valence-corrected chi connectivity index (χ0v) is 21.6. The number of amides is 2. The molecule has 3 aliphatic rings. The fraction of sp³-hybridized carbons (Fsp3) is 0.400. The number of piperazine rings is 1. The zero-order valence-electron chi connectivity index (χ0n) is 21.6. The molecule has 3 aliphatic heterocycles. The van der Waals surface area contributed by atoms with Crippen LogP contribution in [0.2, 0.25) is 0 Å². The Labute approximate surface area is 223 Å². The monoisotopic (exact) mass is 511 g/mol. The highest BCUT2D eigenvalue weighted by Crippen LogP contribution is 2.26. The van der Waals surface area contributed by atoms with E-state index in [1.807, 2.05) is 40.5 Å². The molecule has 1 aromatic carbocycles. The van der Waals surface area contributed by atoms with Gasteiger partial charge in [-0.1, -0.05) is 18.2 Å². The SMILES string of the molecule is O=C([C@H]1CCOC1)N1CCN(c2cncc(Cc3ccc(-c4ccc(N5CCCC5=O)cc4)cn3)c2)CC1. The maximum absolute atomic E-state index is 12.7. The van der Waals surface area contributed by atoms with Crippen LogP contribution in [0.3, 0.4) is 0 Å². The predicted octanol–water partition coefficient (Wildman–Crippen LogP) is 3.55. The lowest BCUT2D eigenvalue weighted by atomic mass is 10.1. The number of carbonyl (C=O) groups is 2. The summed E-state index contributed by atoms with van der Waals surface area (Å²) in [5, 5.41) is 0. The summed E-state index contributed by atoms with van der Waals surface area (Å²) in [5.41, 5.74) is 6.29. The molecule has 0 bridgehead atoms. The number of ether oxygens (including phenoxy) is 1. The van der Waals surface area contributed by atoms with Gasteiger partial charge >= 0.3 is 0 Å². The molecular formula is C30H33N5O3. The first-order chi connectivity index (χ1) is 18.6. The lowest BCUT2D eigenvalue weighted by Crippen LogP contribution is -2.50. The zero-order chi connectivity index (χ0) is 25.9. The molecule has 2 aromatic heterocycles. The minimum Gasteiger partial charge on any atom is -0.381 e. The summed E-state index contributed by atoms with van der Waals surface area (Å²) in [4.78, 5) is 40.0. The lowest BCUT2D eigenvalue weighted by Gasteiger charge is -2.37. The molecule has 3 fully saturated rings. The first kappa shape index (κ1) is 24.6. The molecule has 196 valence electrons. The van der Waals surface area contributed by atoms with Crippen molar-refractivity contribution >= 4 is 23.2 Å². The van der Waals surface area contributed by atoms with Gasteiger partial charge in [-0.3, -0.25) is 19.6 Å². The van der Waals surface area contributed by atoms with Crippen LogP contribution in [0.4, 0.5) is 11.4 Å². The Hall–Kier alpha value is -3.78. The van der Waals surface area contributed by atoms with Crippen LogP contribution in [-0.2, 0) is 20.7 Å². The van der Waals surface area contributed by atoms with Crippen LogP contribution in [0, 0.1) is 5.92 Å². The summed E-state index contributed by atoms with van der Waals surface area (Å²) < 4.78 is 5.39. The number of carbonyl (C=O) groups excluding carboxylic acids is 2. The van der Waals surface area contributed by atoms with Crippen molar-refractivity contribution in [2.75, 3.05) is 55.7 Å². The van der Waals surface area contributed by atoms with E-state index in [0.717, 1.165) is 79.3 Å². The Morgan fingerprint density at radius 1 is 0.921 bits per heavy atom. The average Bonchev–Trinajstić information content (AvgIpc) is 3.66. The second kappa shape index (κ2) is 10.9. The Morgan fingerprint density at radius 3 is 2.42 bits per heavy atom. The Morgan fingerprint density at radius 2 is 1.74 bits per heavy atom. The molecule has 0 N–H and O–H groups in total. The highest BCUT2D eigenvalue weighted by molar-refractivity contribution is 5.95. The molecule has 1 atom stereocenters. The summed E-state index contributed by atoms with van der Waals surface area (Å²) in [5.74, 6) is 0.473. The highest BCUT2D eigenvalue weighted by atomic mass is 16.5. The molecule has 0 aliphatic carbocycles. The standard InChI is InChI=1S/C30H33N5O3/c36-29-2-1-10-35(29)27-7-4-23(5-8-27)24-3-6-26(32-19-24)16-22-17-28(20-31-18-22)33-11-13-34(14-12-33)30(37)25-9-15-38-21-25/h3-8,17-20,25H,1-2,9-16,21H2/t25-/m0/s1. The molecule has 5 heterocycles. The van der Waals surface area contributed by atoms with Gasteiger partial charge in [0, 0.05) is 81.5 Å². The fourth-order valence-electron chi connectivity index (χ4n) is 5.58. The second-order valence-corrected chi connectivity index (χ2v) is 10.3. The van der Waals surface area contributed by atoms with Crippen LogP contribution >= 0.6 is 0 Å². The van der Waals surface area contributed by atoms with E-state index in [4.69, 9.17) is 9.72 Å². The summed E-state index contributed by atoms with van der Waals surface area (Å²) in [6.45, 7) is 5.14. The molecule has 8 nitrogen and oxygen atoms in total. The van der Waals surface area contributed by atoms with Gasteiger partial charge in [-0.2, -0.15) is 0 Å². The smallest absolute Gasteiger partial charge is 0.228 e. The largest absolute Gasteiger partial charge is 0.381 e. The van der Waals surface area contributed by atoms with Crippen molar-refractivity contribution in [2.24, 2.45) is 5.92 Å². The molecule has 8 heteroatoms. The van der Waals surface area contributed by atoms with E-state index in [0.29, 0.717) is 26.1 Å². The van der Waals surface area contributed by atoms with Gasteiger partial charge in [-0.15, -0.1) is 0 Å². The normalized spacial score (nSPS) is 19.8. The molecule has 0 unspecified atom stereocenters. The van der Waals surface area contributed by atoms with E-state index in [-0.39, 0.29) is 17.7 Å². The van der Waals surface area contributed by atoms with Gasteiger partial charge in [0.15, 0.2) is 0 Å². The number of hydrogen-bond donors (Lipinski definition) is 0. The first-order valence-corrected chi connectivity index (χ1v) is 13.6. The third kappa shape index (κ3) is 5.27. The van der Waals surface area contributed by atoms with E-state index in [2.05, 4.69) is 40.2 Å². The van der Waals surface area contributed by atoms with E-state index in [1.165, 1.54) is 0 Å². The minimum atomic E-state index is 0.0328. The quantitative estimate of drug-likeness (QED) is 0.504. The predicted molar refractivity (Wildman–Crippen MR) is 146 cm³/mol. The van der Waals surface area contributed by atoms with Gasteiger partial charge in [0.25, 0.3) is 0 Å². The van der Waals surface area contributed by atoms with Crippen LogP contribution < -0.4 is 9.80 Å². The number of anilines is 2. The van der Waals surface area contributed by atoms with Crippen LogP contribution in [0.25, 0.3) is 11.1 Å². The molecule has 3 aromatic rings. The molecule has 2 amide bonds. The van der Waals surface area contributed by atoms with Crippen LogP contribution in [0.5, 0.6) is 0 Å². The summed E-state index contributed by atoms with van der Waals surface area (Å²) >= 11 is 0. The van der Waals surface area contributed by atoms with Gasteiger partial charge in [0.2, 0.25) is 11.8 Å².